The summed E-state index contributed by atoms with van der Waals surface area (Å²) in [6, 6.07) is 4.98. The Morgan fingerprint density at radius 2 is 2.10 bits per heavy atom. The third kappa shape index (κ3) is 6.81. The number of ether oxygens (including phenoxy) is 2. The van der Waals surface area contributed by atoms with Crippen LogP contribution in [-0.4, -0.2) is 31.9 Å². The van der Waals surface area contributed by atoms with Crippen LogP contribution in [0.1, 0.15) is 12.5 Å². The fourth-order valence-corrected chi connectivity index (χ4v) is 1.95. The number of rotatable bonds is 7. The Kier molecular flexibility index (Phi) is 6.97. The molecule has 1 amide bonds. The minimum Gasteiger partial charge on any atom is -0.494 e. The first-order valence-corrected chi connectivity index (χ1v) is 7.24. The van der Waals surface area contributed by atoms with E-state index >= 15 is 0 Å². The Morgan fingerprint density at radius 1 is 1.38 bits per heavy atom. The number of anilines is 1. The van der Waals surface area contributed by atoms with Gasteiger partial charge in [0.25, 0.3) is 0 Å². The molecule has 1 N–H and O–H groups in total. The van der Waals surface area contributed by atoms with Gasteiger partial charge in [0, 0.05) is 16.6 Å². The van der Waals surface area contributed by atoms with Gasteiger partial charge in [0.2, 0.25) is 5.91 Å². The highest BCUT2D eigenvalue weighted by atomic mass is 79.9. The highest BCUT2D eigenvalue weighted by molar-refractivity contribution is 9.08. The lowest BCUT2D eigenvalue weighted by molar-refractivity contribution is -0.174. The summed E-state index contributed by atoms with van der Waals surface area (Å²) in [6.07, 6.45) is -4.44. The molecule has 0 fully saturated rings. The lowest BCUT2D eigenvalue weighted by Crippen LogP contribution is -2.24. The number of alkyl halides is 4. The van der Waals surface area contributed by atoms with Crippen molar-refractivity contribution in [2.45, 2.75) is 18.4 Å². The second kappa shape index (κ2) is 8.23. The Bertz CT molecular complexity index is 480. The molecule has 1 aromatic rings. The van der Waals surface area contributed by atoms with Crippen LogP contribution in [-0.2, 0) is 14.9 Å². The molecule has 0 heterocycles. The molecular formula is C13H15BrF3NO3. The summed E-state index contributed by atoms with van der Waals surface area (Å²) < 4.78 is 45.3. The first kappa shape index (κ1) is 17.8. The zero-order chi connectivity index (χ0) is 15.9. The van der Waals surface area contributed by atoms with Crippen LogP contribution >= 0.6 is 15.9 Å². The van der Waals surface area contributed by atoms with Crippen LogP contribution in [0.25, 0.3) is 0 Å². The molecule has 0 aliphatic heterocycles. The van der Waals surface area contributed by atoms with Crippen LogP contribution in [0, 0.1) is 0 Å². The van der Waals surface area contributed by atoms with Gasteiger partial charge >= 0.3 is 6.18 Å². The topological polar surface area (TPSA) is 47.6 Å². The lowest BCUT2D eigenvalue weighted by Gasteiger charge is -2.12. The van der Waals surface area contributed by atoms with Crippen molar-refractivity contribution in [3.05, 3.63) is 23.8 Å². The molecule has 1 aromatic carbocycles. The van der Waals surface area contributed by atoms with Gasteiger partial charge in [0.15, 0.2) is 0 Å². The van der Waals surface area contributed by atoms with Crippen LogP contribution in [0.4, 0.5) is 18.9 Å². The van der Waals surface area contributed by atoms with E-state index in [1.54, 1.807) is 18.2 Å². The normalized spacial score (nSPS) is 11.3. The molecule has 0 aromatic heterocycles. The quantitative estimate of drug-likeness (QED) is 0.748. The van der Waals surface area contributed by atoms with E-state index in [0.29, 0.717) is 23.4 Å². The first-order valence-electron chi connectivity index (χ1n) is 6.11. The molecule has 0 aliphatic rings. The van der Waals surface area contributed by atoms with Crippen LogP contribution < -0.4 is 10.1 Å². The van der Waals surface area contributed by atoms with Crippen LogP contribution in [0.2, 0.25) is 0 Å². The lowest BCUT2D eigenvalue weighted by atomic mass is 10.2. The third-order valence-corrected chi connectivity index (χ3v) is 2.89. The smallest absolute Gasteiger partial charge is 0.411 e. The minimum atomic E-state index is -4.44. The molecule has 0 aliphatic carbocycles. The average Bonchev–Trinajstić information content (AvgIpc) is 2.39. The summed E-state index contributed by atoms with van der Waals surface area (Å²) in [4.78, 5) is 11.5. The van der Waals surface area contributed by atoms with Gasteiger partial charge in [-0.3, -0.25) is 4.79 Å². The van der Waals surface area contributed by atoms with E-state index in [1.165, 1.54) is 0 Å². The number of halogens is 4. The second-order valence-corrected chi connectivity index (χ2v) is 4.61. The number of carbonyl (C=O) groups is 1. The third-order valence-electron chi connectivity index (χ3n) is 2.29. The summed E-state index contributed by atoms with van der Waals surface area (Å²) in [6.45, 7) is 0.259. The van der Waals surface area contributed by atoms with Gasteiger partial charge in [-0.25, -0.2) is 0 Å². The van der Waals surface area contributed by atoms with Gasteiger partial charge in [0.1, 0.15) is 19.0 Å². The average molecular weight is 370 g/mol. The summed E-state index contributed by atoms with van der Waals surface area (Å²) >= 11 is 3.30. The number of nitrogens with one attached hydrogen (secondary N) is 1. The molecule has 0 unspecified atom stereocenters. The molecule has 4 nitrogen and oxygen atoms in total. The van der Waals surface area contributed by atoms with Crippen molar-refractivity contribution >= 4 is 27.5 Å². The number of benzene rings is 1. The van der Waals surface area contributed by atoms with E-state index in [2.05, 4.69) is 26.0 Å². The largest absolute Gasteiger partial charge is 0.494 e. The Balaban J connectivity index is 2.56. The van der Waals surface area contributed by atoms with E-state index < -0.39 is 25.3 Å². The standard InChI is InChI=1S/C13H15BrF3NO3/c1-2-21-11-4-3-10(5-9(11)6-14)18-12(19)7-20-8-13(15,16)17/h3-5H,2,6-8H2,1H3,(H,18,19). The van der Waals surface area contributed by atoms with E-state index in [4.69, 9.17) is 4.74 Å². The van der Waals surface area contributed by atoms with Gasteiger partial charge in [-0.05, 0) is 25.1 Å². The molecule has 0 spiro atoms. The molecule has 118 valence electrons. The Labute approximate surface area is 128 Å². The van der Waals surface area contributed by atoms with Crippen LogP contribution in [0.15, 0.2) is 18.2 Å². The van der Waals surface area contributed by atoms with E-state index in [1.807, 2.05) is 6.92 Å². The van der Waals surface area contributed by atoms with Gasteiger partial charge < -0.3 is 14.8 Å². The predicted octanol–water partition coefficient (Wildman–Crippen LogP) is 3.50. The predicted molar refractivity (Wildman–Crippen MR) is 75.7 cm³/mol. The highest BCUT2D eigenvalue weighted by Gasteiger charge is 2.27. The van der Waals surface area contributed by atoms with Crippen molar-refractivity contribution in [1.29, 1.82) is 0 Å². The number of carbonyl (C=O) groups excluding carboxylic acids is 1. The molecule has 0 radical (unpaired) electrons. The molecule has 0 bridgehead atoms. The fourth-order valence-electron chi connectivity index (χ4n) is 1.51. The number of hydrogen-bond donors (Lipinski definition) is 1. The second-order valence-electron chi connectivity index (χ2n) is 4.05. The SMILES string of the molecule is CCOc1ccc(NC(=O)COCC(F)(F)F)cc1CBr. The van der Waals surface area contributed by atoms with E-state index in [9.17, 15) is 18.0 Å². The number of amides is 1. The van der Waals surface area contributed by atoms with Crippen molar-refractivity contribution in [2.24, 2.45) is 0 Å². The summed E-state index contributed by atoms with van der Waals surface area (Å²) in [7, 11) is 0. The first-order chi connectivity index (χ1) is 9.85. The highest BCUT2D eigenvalue weighted by Crippen LogP contribution is 2.25. The summed E-state index contributed by atoms with van der Waals surface area (Å²) in [5.74, 6) is 0.0321. The van der Waals surface area contributed by atoms with Crippen molar-refractivity contribution < 1.29 is 27.4 Å². The van der Waals surface area contributed by atoms with Crippen molar-refractivity contribution in [3.8, 4) is 5.75 Å². The van der Waals surface area contributed by atoms with E-state index in [-0.39, 0.29) is 0 Å². The monoisotopic (exact) mass is 369 g/mol. The van der Waals surface area contributed by atoms with Crippen molar-refractivity contribution in [1.82, 2.24) is 0 Å². The molecular weight excluding hydrogens is 355 g/mol. The zero-order valence-electron chi connectivity index (χ0n) is 11.3. The molecule has 21 heavy (non-hydrogen) atoms. The van der Waals surface area contributed by atoms with Gasteiger partial charge in [-0.2, -0.15) is 13.2 Å². The Hall–Kier alpha value is -1.28. The summed E-state index contributed by atoms with van der Waals surface area (Å²) in [5.41, 5.74) is 1.29. The molecule has 1 rings (SSSR count). The van der Waals surface area contributed by atoms with E-state index in [0.717, 1.165) is 5.56 Å². The van der Waals surface area contributed by atoms with Crippen molar-refractivity contribution in [3.63, 3.8) is 0 Å². The van der Waals surface area contributed by atoms with Crippen molar-refractivity contribution in [2.75, 3.05) is 25.1 Å². The fraction of sp³-hybridized carbons (Fsp3) is 0.462. The maximum atomic E-state index is 11.9. The van der Waals surface area contributed by atoms with Gasteiger partial charge in [0.05, 0.1) is 6.61 Å². The molecule has 0 saturated heterocycles. The minimum absolute atomic E-state index is 0.466. The zero-order valence-corrected chi connectivity index (χ0v) is 12.9. The van der Waals surface area contributed by atoms with Gasteiger partial charge in [-0.15, -0.1) is 0 Å². The van der Waals surface area contributed by atoms with Crippen LogP contribution in [0.3, 0.4) is 0 Å². The van der Waals surface area contributed by atoms with Gasteiger partial charge in [-0.1, -0.05) is 15.9 Å². The summed E-state index contributed by atoms with van der Waals surface area (Å²) in [5, 5.41) is 2.99. The Morgan fingerprint density at radius 3 is 2.67 bits per heavy atom. The molecule has 0 saturated carbocycles. The maximum absolute atomic E-state index is 11.9. The maximum Gasteiger partial charge on any atom is 0.411 e. The molecule has 8 heteroatoms. The molecule has 0 atom stereocenters. The number of hydrogen-bond acceptors (Lipinski definition) is 3. The van der Waals surface area contributed by atoms with Crippen LogP contribution in [0.5, 0.6) is 5.75 Å².